The monoisotopic (exact) mass is 1020 g/mol. The molecule has 0 aliphatic heterocycles. The van der Waals surface area contributed by atoms with Crippen LogP contribution >= 0.6 is 0 Å². The first kappa shape index (κ1) is 46.8. The Labute approximate surface area is 469 Å². The number of anilines is 6. The van der Waals surface area contributed by atoms with Crippen LogP contribution in [-0.4, -0.2) is 0 Å². The Hall–Kier alpha value is -9.24. The number of nitrogens with zero attached hydrogens (tertiary/aromatic N) is 2. The highest BCUT2D eigenvalue weighted by Gasteiger charge is 2.43. The molecule has 0 fully saturated rings. The van der Waals surface area contributed by atoms with Gasteiger partial charge in [0.25, 0.3) is 0 Å². The minimum atomic E-state index is -0.185. The molecule has 1 unspecified atom stereocenters. The zero-order chi connectivity index (χ0) is 53.4. The van der Waals surface area contributed by atoms with E-state index >= 15 is 0 Å². The first-order valence-corrected chi connectivity index (χ1v) is 28.7. The van der Waals surface area contributed by atoms with Crippen LogP contribution < -0.4 is 9.80 Å². The normalized spacial score (nSPS) is 16.1. The van der Waals surface area contributed by atoms with Gasteiger partial charge in [0.05, 0.1) is 22.7 Å². The Kier molecular flexibility index (Phi) is 10.3. The predicted molar refractivity (Wildman–Crippen MR) is 341 cm³/mol. The molecule has 4 aliphatic carbocycles. The van der Waals surface area contributed by atoms with Crippen molar-refractivity contribution in [2.75, 3.05) is 9.80 Å². The van der Waals surface area contributed by atoms with Crippen LogP contribution in [0.4, 0.5) is 34.1 Å². The maximum absolute atomic E-state index is 2.63. The molecule has 2 nitrogen and oxygen atoms in total. The summed E-state index contributed by atoms with van der Waals surface area (Å²) < 4.78 is 0. The Bertz CT molecular complexity index is 4620. The fourth-order valence-electron chi connectivity index (χ4n) is 15.0. The van der Waals surface area contributed by atoms with Gasteiger partial charge in [-0.2, -0.15) is 0 Å². The highest BCUT2D eigenvalue weighted by molar-refractivity contribution is 6.32. The van der Waals surface area contributed by atoms with E-state index in [0.717, 1.165) is 36.3 Å². The Balaban J connectivity index is 1.03. The molecule has 0 saturated carbocycles. The quantitative estimate of drug-likeness (QED) is 0.140. The lowest BCUT2D eigenvalue weighted by Gasteiger charge is -2.33. The molecule has 4 aliphatic rings. The second kappa shape index (κ2) is 17.6. The largest absolute Gasteiger partial charge is 0.309 e. The van der Waals surface area contributed by atoms with Crippen molar-refractivity contribution in [1.82, 2.24) is 0 Å². The highest BCUT2D eigenvalue weighted by atomic mass is 15.2. The van der Waals surface area contributed by atoms with Crippen molar-refractivity contribution in [3.05, 3.63) is 276 Å². The molecule has 1 atom stereocenters. The molecular weight excluding hydrogens is 965 g/mol. The van der Waals surface area contributed by atoms with Crippen LogP contribution in [0.3, 0.4) is 0 Å². The SMILES string of the molecule is CC1(C)c2ccccc2-c2ccc(N(c3cccc4ccccc34)c3cc(-c4ccccc4)c4ccc5c(N(c6ccc7c(c6)C(C)(C)C6CC=CC=C76)c6cccc7c6C=CCC7)cc(-c6ccccc6)c6ccc3c4c65)cc21. The van der Waals surface area contributed by atoms with E-state index in [0.29, 0.717) is 5.92 Å². The van der Waals surface area contributed by atoms with Gasteiger partial charge in [-0.25, -0.2) is 0 Å². The topological polar surface area (TPSA) is 6.48 Å². The molecule has 0 heterocycles. The van der Waals surface area contributed by atoms with Crippen LogP contribution in [0.2, 0.25) is 0 Å². The molecule has 0 N–H and O–H groups in total. The summed E-state index contributed by atoms with van der Waals surface area (Å²) >= 11 is 0. The van der Waals surface area contributed by atoms with Gasteiger partial charge in [0.15, 0.2) is 0 Å². The standard InChI is InChI=1S/C78H60N2/c1-77(2)67-33-17-15-31-57(67)59-39-37-53(45-69(59)77)79(71-35-19-27-49-25-11-13-29-55(49)71)73-47-65(51-21-7-5-8-22-51)61-42-44-64-74(48-66(52-23-9-6-10-24-52)62-41-43-63(73)75(61)76(62)64)80(72-36-20-28-50-26-12-14-30-56(50)72)54-38-40-60-58-32-16-18-34-68(58)78(3,4)70(60)46-54/h5-11,13-25,27-33,35-48,68H,12,26,34H2,1-4H3. The summed E-state index contributed by atoms with van der Waals surface area (Å²) in [6.07, 6.45) is 14.9. The van der Waals surface area contributed by atoms with Crippen LogP contribution in [0.15, 0.2) is 243 Å². The summed E-state index contributed by atoms with van der Waals surface area (Å²) in [6, 6.07) is 83.3. The minimum Gasteiger partial charge on any atom is -0.309 e. The molecule has 0 aromatic heterocycles. The van der Waals surface area contributed by atoms with Gasteiger partial charge in [0.1, 0.15) is 0 Å². The minimum absolute atomic E-state index is 0.0414. The van der Waals surface area contributed by atoms with Gasteiger partial charge < -0.3 is 9.80 Å². The zero-order valence-electron chi connectivity index (χ0n) is 45.8. The first-order chi connectivity index (χ1) is 39.2. The number of rotatable bonds is 8. The van der Waals surface area contributed by atoms with E-state index in [9.17, 15) is 0 Å². The van der Waals surface area contributed by atoms with Crippen LogP contribution in [0.5, 0.6) is 0 Å². The van der Waals surface area contributed by atoms with E-state index in [4.69, 9.17) is 0 Å². The van der Waals surface area contributed by atoms with E-state index in [1.807, 2.05) is 0 Å². The molecule has 0 spiro atoms. The number of allylic oxidation sites excluding steroid dienone is 5. The fourth-order valence-corrected chi connectivity index (χ4v) is 15.0. The summed E-state index contributed by atoms with van der Waals surface area (Å²) in [5.74, 6) is 0.443. The second-order valence-corrected chi connectivity index (χ2v) is 23.8. The van der Waals surface area contributed by atoms with Crippen molar-refractivity contribution in [2.45, 2.75) is 57.8 Å². The lowest BCUT2D eigenvalue weighted by atomic mass is 9.74. The average Bonchev–Trinajstić information content (AvgIpc) is 3.91. The van der Waals surface area contributed by atoms with Crippen LogP contribution in [-0.2, 0) is 17.3 Å². The Morgan fingerprint density at radius 2 is 0.988 bits per heavy atom. The van der Waals surface area contributed by atoms with Crippen molar-refractivity contribution >= 4 is 88.9 Å². The van der Waals surface area contributed by atoms with Crippen LogP contribution in [0, 0.1) is 5.92 Å². The summed E-state index contributed by atoms with van der Waals surface area (Å²) in [4.78, 5) is 5.21. The number of fused-ring (bicyclic) bond motifs is 8. The third kappa shape index (κ3) is 6.85. The molecule has 2 heteroatoms. The van der Waals surface area contributed by atoms with Crippen LogP contribution in [0.25, 0.3) is 88.1 Å². The Morgan fingerprint density at radius 3 is 1.71 bits per heavy atom. The van der Waals surface area contributed by atoms with Crippen molar-refractivity contribution in [1.29, 1.82) is 0 Å². The molecule has 0 amide bonds. The summed E-state index contributed by atoms with van der Waals surface area (Å²) in [6.45, 7) is 9.72. The number of benzene rings is 12. The summed E-state index contributed by atoms with van der Waals surface area (Å²) in [7, 11) is 0. The molecule has 0 bridgehead atoms. The smallest absolute Gasteiger partial charge is 0.0547 e. The molecule has 382 valence electrons. The van der Waals surface area contributed by atoms with E-state index in [1.165, 1.54) is 132 Å². The summed E-state index contributed by atoms with van der Waals surface area (Å²) in [5.41, 5.74) is 23.9. The average molecular weight is 1030 g/mol. The van der Waals surface area contributed by atoms with Gasteiger partial charge in [-0.3, -0.25) is 0 Å². The molecule has 0 radical (unpaired) electrons. The van der Waals surface area contributed by atoms with Gasteiger partial charge in [-0.1, -0.05) is 228 Å². The van der Waals surface area contributed by atoms with E-state index in [2.05, 4.69) is 286 Å². The van der Waals surface area contributed by atoms with E-state index in [-0.39, 0.29) is 10.8 Å². The predicted octanol–water partition coefficient (Wildman–Crippen LogP) is 21.5. The molecule has 0 saturated heterocycles. The Morgan fingerprint density at radius 1 is 0.412 bits per heavy atom. The molecule has 80 heavy (non-hydrogen) atoms. The van der Waals surface area contributed by atoms with Crippen LogP contribution in [0.1, 0.15) is 73.9 Å². The highest BCUT2D eigenvalue weighted by Crippen LogP contribution is 2.58. The number of aryl methyl sites for hydroxylation is 1. The third-order valence-corrected chi connectivity index (χ3v) is 18.9. The lowest BCUT2D eigenvalue weighted by Crippen LogP contribution is -2.24. The lowest BCUT2D eigenvalue weighted by molar-refractivity contribution is 0.415. The van der Waals surface area contributed by atoms with Crippen molar-refractivity contribution in [2.24, 2.45) is 5.92 Å². The zero-order valence-corrected chi connectivity index (χ0v) is 45.8. The van der Waals surface area contributed by atoms with Crippen molar-refractivity contribution in [3.8, 4) is 33.4 Å². The van der Waals surface area contributed by atoms with Gasteiger partial charge >= 0.3 is 0 Å². The number of hydrogen-bond acceptors (Lipinski definition) is 2. The van der Waals surface area contributed by atoms with Gasteiger partial charge in [-0.05, 0) is 162 Å². The molecule has 12 aromatic carbocycles. The maximum atomic E-state index is 2.63. The third-order valence-electron chi connectivity index (χ3n) is 18.9. The molecule has 16 rings (SSSR count). The fraction of sp³-hybridized carbons (Fsp3) is 0.128. The number of hydrogen-bond donors (Lipinski definition) is 0. The van der Waals surface area contributed by atoms with Gasteiger partial charge in [0.2, 0.25) is 0 Å². The molecular formula is C78H60N2. The first-order valence-electron chi connectivity index (χ1n) is 28.7. The maximum Gasteiger partial charge on any atom is 0.0547 e. The van der Waals surface area contributed by atoms with Gasteiger partial charge in [-0.15, -0.1) is 0 Å². The van der Waals surface area contributed by atoms with E-state index < -0.39 is 0 Å². The van der Waals surface area contributed by atoms with Crippen molar-refractivity contribution < 1.29 is 0 Å². The molecule has 12 aromatic rings. The van der Waals surface area contributed by atoms with Crippen molar-refractivity contribution in [3.63, 3.8) is 0 Å². The van der Waals surface area contributed by atoms with Gasteiger partial charge in [0, 0.05) is 49.3 Å². The van der Waals surface area contributed by atoms with E-state index in [1.54, 1.807) is 0 Å². The second-order valence-electron chi connectivity index (χ2n) is 23.8. The summed E-state index contributed by atoms with van der Waals surface area (Å²) in [5, 5.41) is 9.87.